The molecular weight excluding hydrogens is 288 g/mol. The maximum Gasteiger partial charge on any atom is 0.240 e. The monoisotopic (exact) mass is 298 g/mol. The Kier molecular flexibility index (Phi) is 2.72. The fourth-order valence-electron chi connectivity index (χ4n) is 2.02. The Morgan fingerprint density at radius 3 is 2.90 bits per heavy atom. The zero-order chi connectivity index (χ0) is 14.2. The highest BCUT2D eigenvalue weighted by atomic mass is 32.2. The van der Waals surface area contributed by atoms with E-state index in [2.05, 4.69) is 35.6 Å². The fourth-order valence-corrected chi connectivity index (χ4v) is 2.90. The Hall–Kier alpha value is -2.65. The number of para-hydroxylation sites is 2. The number of imidazole rings is 1. The third kappa shape index (κ3) is 2.08. The highest BCUT2D eigenvalue weighted by Crippen LogP contribution is 2.30. The first kappa shape index (κ1) is 12.1. The molecule has 8 nitrogen and oxygen atoms in total. The van der Waals surface area contributed by atoms with Crippen LogP contribution >= 0.6 is 11.8 Å². The van der Waals surface area contributed by atoms with Gasteiger partial charge in [-0.05, 0) is 23.9 Å². The molecule has 5 N–H and O–H groups in total. The van der Waals surface area contributed by atoms with E-state index >= 15 is 0 Å². The Morgan fingerprint density at radius 2 is 2.05 bits per heavy atom. The smallest absolute Gasteiger partial charge is 0.240 e. The van der Waals surface area contributed by atoms with Crippen molar-refractivity contribution in [2.24, 2.45) is 5.84 Å². The minimum absolute atomic E-state index is 0.324. The average molecular weight is 298 g/mol. The van der Waals surface area contributed by atoms with Crippen molar-refractivity contribution in [3.63, 3.8) is 0 Å². The topological polar surface area (TPSA) is 121 Å². The molecular formula is C12H10N8S. The van der Waals surface area contributed by atoms with Gasteiger partial charge in [0.05, 0.1) is 22.6 Å². The molecule has 0 aliphatic carbocycles. The zero-order valence-corrected chi connectivity index (χ0v) is 11.5. The third-order valence-electron chi connectivity index (χ3n) is 2.96. The Bertz CT molecular complexity index is 894. The number of hydrazine groups is 1. The quantitative estimate of drug-likeness (QED) is 0.258. The Labute approximate surface area is 122 Å². The maximum absolute atomic E-state index is 5.39. The number of benzene rings is 1. The van der Waals surface area contributed by atoms with E-state index in [0.29, 0.717) is 11.6 Å². The molecule has 0 fully saturated rings. The van der Waals surface area contributed by atoms with E-state index in [0.717, 1.165) is 26.6 Å². The molecule has 3 aromatic heterocycles. The maximum atomic E-state index is 5.39. The number of fused-ring (bicyclic) bond motifs is 2. The standard InChI is InChI=1S/C12H10N8S/c13-19-11-17-9-6(5-14-20-9)10(18-11)21-12-15-7-3-1-2-4-8(7)16-12/h1-5H,13H2,(H,15,16)(H2,14,17,18,19,20). The number of nitrogens with zero attached hydrogens (tertiary/aromatic N) is 4. The van der Waals surface area contributed by atoms with Crippen LogP contribution in [-0.2, 0) is 0 Å². The van der Waals surface area contributed by atoms with Gasteiger partial charge in [-0.15, -0.1) is 0 Å². The van der Waals surface area contributed by atoms with Gasteiger partial charge in [0, 0.05) is 0 Å². The first-order valence-corrected chi connectivity index (χ1v) is 6.95. The number of rotatable bonds is 3. The highest BCUT2D eigenvalue weighted by molar-refractivity contribution is 7.99. The zero-order valence-electron chi connectivity index (χ0n) is 10.7. The van der Waals surface area contributed by atoms with E-state index in [1.807, 2.05) is 24.3 Å². The Morgan fingerprint density at radius 1 is 1.14 bits per heavy atom. The summed E-state index contributed by atoms with van der Waals surface area (Å²) in [6.07, 6.45) is 1.68. The molecule has 21 heavy (non-hydrogen) atoms. The molecule has 0 atom stereocenters. The number of nitrogens with one attached hydrogen (secondary N) is 3. The van der Waals surface area contributed by atoms with Crippen LogP contribution in [0.2, 0.25) is 0 Å². The number of H-pyrrole nitrogens is 2. The van der Waals surface area contributed by atoms with E-state index in [-0.39, 0.29) is 0 Å². The number of anilines is 1. The summed E-state index contributed by atoms with van der Waals surface area (Å²) in [7, 11) is 0. The summed E-state index contributed by atoms with van der Waals surface area (Å²) in [5.41, 5.74) is 4.96. The van der Waals surface area contributed by atoms with Gasteiger partial charge in [0.15, 0.2) is 10.8 Å². The lowest BCUT2D eigenvalue weighted by Crippen LogP contribution is -2.10. The van der Waals surface area contributed by atoms with Crippen LogP contribution < -0.4 is 11.3 Å². The van der Waals surface area contributed by atoms with Crippen LogP contribution in [0, 0.1) is 0 Å². The van der Waals surface area contributed by atoms with Crippen molar-refractivity contribution in [2.75, 3.05) is 5.43 Å². The summed E-state index contributed by atoms with van der Waals surface area (Å²) >= 11 is 1.40. The van der Waals surface area contributed by atoms with Crippen molar-refractivity contribution in [3.8, 4) is 0 Å². The molecule has 0 radical (unpaired) electrons. The van der Waals surface area contributed by atoms with Gasteiger partial charge in [0.1, 0.15) is 5.03 Å². The lowest BCUT2D eigenvalue weighted by atomic mass is 10.3. The predicted octanol–water partition coefficient (Wildman–Crippen LogP) is 1.67. The van der Waals surface area contributed by atoms with Crippen LogP contribution in [0.5, 0.6) is 0 Å². The molecule has 0 bridgehead atoms. The molecule has 0 aliphatic heterocycles. The number of nitrogen functional groups attached to an aromatic ring is 1. The molecule has 0 unspecified atom stereocenters. The Balaban J connectivity index is 1.80. The third-order valence-corrected chi connectivity index (χ3v) is 3.86. The van der Waals surface area contributed by atoms with Crippen molar-refractivity contribution in [1.82, 2.24) is 30.1 Å². The first-order valence-electron chi connectivity index (χ1n) is 6.14. The van der Waals surface area contributed by atoms with Crippen molar-refractivity contribution >= 4 is 39.8 Å². The lowest BCUT2D eigenvalue weighted by molar-refractivity contribution is 1.03. The predicted molar refractivity (Wildman–Crippen MR) is 79.7 cm³/mol. The lowest BCUT2D eigenvalue weighted by Gasteiger charge is -2.02. The second kappa shape index (κ2) is 4.72. The van der Waals surface area contributed by atoms with Gasteiger partial charge in [-0.3, -0.25) is 10.5 Å². The number of aromatic amines is 2. The van der Waals surface area contributed by atoms with Gasteiger partial charge in [-0.2, -0.15) is 10.1 Å². The molecule has 0 aliphatic rings. The van der Waals surface area contributed by atoms with Crippen LogP contribution in [0.1, 0.15) is 0 Å². The molecule has 0 saturated heterocycles. The number of aromatic nitrogens is 6. The average Bonchev–Trinajstić information content (AvgIpc) is 3.12. The summed E-state index contributed by atoms with van der Waals surface area (Å²) in [5.74, 6) is 5.72. The summed E-state index contributed by atoms with van der Waals surface area (Å²) in [4.78, 5) is 16.3. The molecule has 9 heteroatoms. The van der Waals surface area contributed by atoms with Gasteiger partial charge < -0.3 is 4.98 Å². The second-order valence-corrected chi connectivity index (χ2v) is 5.27. The van der Waals surface area contributed by atoms with Crippen molar-refractivity contribution in [1.29, 1.82) is 0 Å². The van der Waals surface area contributed by atoms with Crippen molar-refractivity contribution in [2.45, 2.75) is 10.2 Å². The van der Waals surface area contributed by atoms with Gasteiger partial charge >= 0.3 is 0 Å². The van der Waals surface area contributed by atoms with E-state index < -0.39 is 0 Å². The first-order chi connectivity index (χ1) is 10.3. The number of nitrogens with two attached hydrogens (primary N) is 1. The van der Waals surface area contributed by atoms with Crippen LogP contribution in [0.3, 0.4) is 0 Å². The molecule has 4 aromatic rings. The number of hydrogen-bond acceptors (Lipinski definition) is 7. The van der Waals surface area contributed by atoms with Crippen molar-refractivity contribution in [3.05, 3.63) is 30.5 Å². The van der Waals surface area contributed by atoms with E-state index in [9.17, 15) is 0 Å². The normalized spacial score (nSPS) is 11.3. The minimum atomic E-state index is 0.324. The molecule has 0 spiro atoms. The minimum Gasteiger partial charge on any atom is -0.333 e. The second-order valence-electron chi connectivity index (χ2n) is 4.29. The van der Waals surface area contributed by atoms with E-state index in [1.54, 1.807) is 6.20 Å². The summed E-state index contributed by atoms with van der Waals surface area (Å²) < 4.78 is 0. The summed E-state index contributed by atoms with van der Waals surface area (Å²) in [5, 5.41) is 9.08. The van der Waals surface area contributed by atoms with Crippen LogP contribution in [0.25, 0.3) is 22.1 Å². The molecule has 4 rings (SSSR count). The van der Waals surface area contributed by atoms with Crippen LogP contribution in [0.4, 0.5) is 5.95 Å². The van der Waals surface area contributed by atoms with Gasteiger partial charge in [-0.25, -0.2) is 15.8 Å². The van der Waals surface area contributed by atoms with Gasteiger partial charge in [-0.1, -0.05) is 12.1 Å². The van der Waals surface area contributed by atoms with Gasteiger partial charge in [0.25, 0.3) is 0 Å². The molecule has 3 heterocycles. The van der Waals surface area contributed by atoms with Crippen LogP contribution in [0.15, 0.2) is 40.6 Å². The van der Waals surface area contributed by atoms with Crippen LogP contribution in [-0.4, -0.2) is 30.1 Å². The highest BCUT2D eigenvalue weighted by Gasteiger charge is 2.12. The van der Waals surface area contributed by atoms with E-state index in [4.69, 9.17) is 5.84 Å². The van der Waals surface area contributed by atoms with Gasteiger partial charge in [0.2, 0.25) is 5.95 Å². The summed E-state index contributed by atoms with van der Waals surface area (Å²) in [6.45, 7) is 0. The van der Waals surface area contributed by atoms with Crippen molar-refractivity contribution < 1.29 is 0 Å². The SMILES string of the molecule is NNc1nc(Sc2nc3ccccc3[nH]2)c2cn[nH]c2n1. The fraction of sp³-hybridized carbons (Fsp3) is 0. The molecule has 104 valence electrons. The number of hydrogen-bond donors (Lipinski definition) is 4. The largest absolute Gasteiger partial charge is 0.333 e. The molecule has 0 saturated carbocycles. The molecule has 1 aromatic carbocycles. The molecule has 0 amide bonds. The van der Waals surface area contributed by atoms with E-state index in [1.165, 1.54) is 11.8 Å². The summed E-state index contributed by atoms with van der Waals surface area (Å²) in [6, 6.07) is 7.85.